The van der Waals surface area contributed by atoms with Crippen LogP contribution in [0, 0.1) is 0 Å². The minimum atomic E-state index is -0.996. The van der Waals surface area contributed by atoms with Gasteiger partial charge in [-0.2, -0.15) is 0 Å². The molecule has 5 rings (SSSR count). The van der Waals surface area contributed by atoms with E-state index in [1.165, 1.54) is 11.3 Å². The van der Waals surface area contributed by atoms with Crippen LogP contribution in [-0.2, 0) is 9.53 Å². The number of benzene rings is 2. The molecule has 2 aromatic carbocycles. The maximum Gasteiger partial charge on any atom is 0.338 e. The van der Waals surface area contributed by atoms with E-state index in [0.717, 1.165) is 10.1 Å². The van der Waals surface area contributed by atoms with Gasteiger partial charge in [0.25, 0.3) is 11.8 Å². The first-order valence-corrected chi connectivity index (χ1v) is 13.2. The Hall–Kier alpha value is -4.25. The highest BCUT2D eigenvalue weighted by atomic mass is 32.1. The first-order chi connectivity index (χ1) is 18.4. The molecule has 3 heterocycles. The summed E-state index contributed by atoms with van der Waals surface area (Å²) in [5.41, 5.74) is -0.133. The third-order valence-corrected chi connectivity index (χ3v) is 7.72. The van der Waals surface area contributed by atoms with Gasteiger partial charge in [-0.25, -0.2) is 9.59 Å². The number of ether oxygens (including phenoxy) is 1. The van der Waals surface area contributed by atoms with Crippen LogP contribution in [0.4, 0.5) is 9.80 Å². The summed E-state index contributed by atoms with van der Waals surface area (Å²) in [6.07, 6.45) is 0.670. The van der Waals surface area contributed by atoms with E-state index in [9.17, 15) is 19.2 Å². The average Bonchev–Trinajstić information content (AvgIpc) is 3.44. The number of amidine groups is 1. The standard InChI is InChI=1S/C27H27N5O5S/c1-2-28-26(36)30-22-21(18-10-6-7-11-19(18)38-22)23(33)32-14-12-27(13-15-32)25(35)29-20(31-27)16-37-24(34)17-8-4-3-5-9-17/h3-11H,2,12-16H2,1H3,(H2,28,30,36)(H,29,31,35). The van der Waals surface area contributed by atoms with Crippen LogP contribution in [0.3, 0.4) is 0 Å². The summed E-state index contributed by atoms with van der Waals surface area (Å²) in [5.74, 6) is -0.654. The highest BCUT2D eigenvalue weighted by Gasteiger charge is 2.46. The van der Waals surface area contributed by atoms with Gasteiger partial charge in [-0.05, 0) is 38.0 Å². The van der Waals surface area contributed by atoms with E-state index in [0.29, 0.717) is 54.4 Å². The Bertz CT molecular complexity index is 1430. The Morgan fingerprint density at radius 1 is 1.08 bits per heavy atom. The maximum absolute atomic E-state index is 13.7. The van der Waals surface area contributed by atoms with Gasteiger partial charge in [-0.15, -0.1) is 11.3 Å². The molecule has 1 spiro atoms. The molecule has 1 aromatic heterocycles. The largest absolute Gasteiger partial charge is 0.454 e. The Morgan fingerprint density at radius 3 is 2.53 bits per heavy atom. The van der Waals surface area contributed by atoms with Crippen molar-refractivity contribution in [2.45, 2.75) is 25.3 Å². The number of piperidine rings is 1. The summed E-state index contributed by atoms with van der Waals surface area (Å²) in [5, 5.41) is 9.50. The smallest absolute Gasteiger partial charge is 0.338 e. The van der Waals surface area contributed by atoms with Crippen LogP contribution in [-0.4, -0.2) is 66.3 Å². The third-order valence-electron chi connectivity index (χ3n) is 6.63. The minimum absolute atomic E-state index is 0.139. The molecular weight excluding hydrogens is 506 g/mol. The lowest BCUT2D eigenvalue weighted by atomic mass is 9.87. The number of carbonyl (C=O) groups excluding carboxylic acids is 4. The highest BCUT2D eigenvalue weighted by molar-refractivity contribution is 7.23. The van der Waals surface area contributed by atoms with Crippen LogP contribution in [0.25, 0.3) is 10.1 Å². The molecule has 3 aromatic rings. The fraction of sp³-hybridized carbons (Fsp3) is 0.296. The topological polar surface area (TPSA) is 129 Å². The molecule has 38 heavy (non-hydrogen) atoms. The number of fused-ring (bicyclic) bond motifs is 1. The summed E-state index contributed by atoms with van der Waals surface area (Å²) in [4.78, 5) is 57.3. The molecule has 0 aliphatic carbocycles. The molecule has 196 valence electrons. The lowest BCUT2D eigenvalue weighted by Crippen LogP contribution is -2.50. The van der Waals surface area contributed by atoms with Crippen LogP contribution in [0.2, 0.25) is 0 Å². The summed E-state index contributed by atoms with van der Waals surface area (Å²) in [6.45, 7) is 2.78. The zero-order valence-corrected chi connectivity index (χ0v) is 21.6. The molecule has 0 saturated carbocycles. The highest BCUT2D eigenvalue weighted by Crippen LogP contribution is 2.38. The molecular formula is C27H27N5O5S. The second-order valence-corrected chi connectivity index (χ2v) is 10.1. The van der Waals surface area contributed by atoms with Gasteiger partial charge in [0, 0.05) is 29.7 Å². The second-order valence-electron chi connectivity index (χ2n) is 9.07. The van der Waals surface area contributed by atoms with Gasteiger partial charge in [0.1, 0.15) is 23.0 Å². The summed E-state index contributed by atoms with van der Waals surface area (Å²) in [6, 6.07) is 15.7. The van der Waals surface area contributed by atoms with Crippen molar-refractivity contribution in [2.75, 3.05) is 31.6 Å². The molecule has 10 nitrogen and oxygen atoms in total. The number of anilines is 1. The van der Waals surface area contributed by atoms with Crippen molar-refractivity contribution in [3.8, 4) is 0 Å². The van der Waals surface area contributed by atoms with Crippen LogP contribution in [0.1, 0.15) is 40.5 Å². The fourth-order valence-corrected chi connectivity index (χ4v) is 5.76. The number of hydrogen-bond acceptors (Lipinski definition) is 7. The van der Waals surface area contributed by atoms with Gasteiger partial charge in [0.05, 0.1) is 11.1 Å². The third kappa shape index (κ3) is 4.97. The first-order valence-electron chi connectivity index (χ1n) is 12.4. The molecule has 1 fully saturated rings. The summed E-state index contributed by atoms with van der Waals surface area (Å²) >= 11 is 1.35. The number of nitrogens with one attached hydrogen (secondary N) is 3. The minimum Gasteiger partial charge on any atom is -0.454 e. The predicted molar refractivity (Wildman–Crippen MR) is 145 cm³/mol. The van der Waals surface area contributed by atoms with E-state index in [-0.39, 0.29) is 24.5 Å². The van der Waals surface area contributed by atoms with E-state index >= 15 is 0 Å². The molecule has 1 saturated heterocycles. The molecule has 4 amide bonds. The van der Waals surface area contributed by atoms with Crippen molar-refractivity contribution in [2.24, 2.45) is 4.99 Å². The number of carbonyl (C=O) groups is 4. The zero-order chi connectivity index (χ0) is 26.7. The fourth-order valence-electron chi connectivity index (χ4n) is 4.67. The van der Waals surface area contributed by atoms with Crippen molar-refractivity contribution < 1.29 is 23.9 Å². The predicted octanol–water partition coefficient (Wildman–Crippen LogP) is 3.40. The molecule has 2 aliphatic heterocycles. The Balaban J connectivity index is 1.28. The number of amides is 4. The Kier molecular flexibility index (Phi) is 7.10. The monoisotopic (exact) mass is 533 g/mol. The SMILES string of the molecule is CCNC(=O)Nc1sc2ccccc2c1C(=O)N1CCC2(CC1)N=C(COC(=O)c1ccccc1)NC2=O. The zero-order valence-electron chi connectivity index (χ0n) is 20.8. The molecule has 2 aliphatic rings. The number of esters is 1. The Morgan fingerprint density at radius 2 is 1.79 bits per heavy atom. The van der Waals surface area contributed by atoms with E-state index in [1.54, 1.807) is 35.2 Å². The summed E-state index contributed by atoms with van der Waals surface area (Å²) < 4.78 is 6.21. The molecule has 0 bridgehead atoms. The number of thiophene rings is 1. The number of likely N-dealkylation sites (tertiary alicyclic amines) is 1. The second kappa shape index (κ2) is 10.6. The quantitative estimate of drug-likeness (QED) is 0.418. The first kappa shape index (κ1) is 25.4. The molecule has 3 N–H and O–H groups in total. The number of rotatable bonds is 6. The molecule has 0 unspecified atom stereocenters. The number of nitrogens with zero attached hydrogens (tertiary/aromatic N) is 2. The van der Waals surface area contributed by atoms with Crippen molar-refractivity contribution in [3.63, 3.8) is 0 Å². The maximum atomic E-state index is 13.7. The van der Waals surface area contributed by atoms with Crippen LogP contribution in [0.5, 0.6) is 0 Å². The van der Waals surface area contributed by atoms with Crippen LogP contribution in [0.15, 0.2) is 59.6 Å². The van der Waals surface area contributed by atoms with Gasteiger partial charge in [0.15, 0.2) is 0 Å². The molecule has 11 heteroatoms. The Labute approximate surface area is 223 Å². The number of aliphatic imine (C=N–C) groups is 1. The van der Waals surface area contributed by atoms with Gasteiger partial charge < -0.3 is 20.3 Å². The van der Waals surface area contributed by atoms with E-state index in [4.69, 9.17) is 4.74 Å². The lowest BCUT2D eigenvalue weighted by Gasteiger charge is -2.35. The number of urea groups is 1. The number of hydrogen-bond donors (Lipinski definition) is 3. The van der Waals surface area contributed by atoms with Crippen molar-refractivity contribution >= 4 is 56.1 Å². The molecule has 0 atom stereocenters. The van der Waals surface area contributed by atoms with Crippen molar-refractivity contribution in [3.05, 3.63) is 65.7 Å². The van der Waals surface area contributed by atoms with E-state index < -0.39 is 11.5 Å². The van der Waals surface area contributed by atoms with Crippen molar-refractivity contribution in [1.82, 2.24) is 15.5 Å². The summed E-state index contributed by atoms with van der Waals surface area (Å²) in [7, 11) is 0. The van der Waals surface area contributed by atoms with Crippen LogP contribution < -0.4 is 16.0 Å². The van der Waals surface area contributed by atoms with Gasteiger partial charge >= 0.3 is 12.0 Å². The lowest BCUT2D eigenvalue weighted by molar-refractivity contribution is -0.125. The molecule has 0 radical (unpaired) electrons. The van der Waals surface area contributed by atoms with E-state index in [1.807, 2.05) is 31.2 Å². The average molecular weight is 534 g/mol. The normalized spacial score (nSPS) is 16.2. The van der Waals surface area contributed by atoms with Gasteiger partial charge in [-0.3, -0.25) is 19.9 Å². The van der Waals surface area contributed by atoms with Gasteiger partial charge in [-0.1, -0.05) is 36.4 Å². The van der Waals surface area contributed by atoms with Gasteiger partial charge in [0.2, 0.25) is 0 Å². The van der Waals surface area contributed by atoms with Crippen molar-refractivity contribution in [1.29, 1.82) is 0 Å². The van der Waals surface area contributed by atoms with E-state index in [2.05, 4.69) is 20.9 Å². The van der Waals surface area contributed by atoms with Crippen LogP contribution >= 0.6 is 11.3 Å².